The SMILES string of the molecule is CS(=O)(=O)O[C@H]1CSc2cnnn2C1. The van der Waals surface area contributed by atoms with Gasteiger partial charge in [-0.25, -0.2) is 4.68 Å². The molecule has 6 nitrogen and oxygen atoms in total. The minimum absolute atomic E-state index is 0.343. The molecule has 0 saturated heterocycles. The van der Waals surface area contributed by atoms with Crippen LogP contribution >= 0.6 is 11.8 Å². The van der Waals surface area contributed by atoms with Crippen molar-refractivity contribution in [1.82, 2.24) is 15.0 Å². The molecule has 8 heteroatoms. The number of aromatic nitrogens is 3. The normalized spacial score (nSPS) is 21.9. The van der Waals surface area contributed by atoms with Gasteiger partial charge in [0.25, 0.3) is 10.1 Å². The first kappa shape index (κ1) is 9.94. The first-order valence-electron chi connectivity index (χ1n) is 3.94. The number of hydrogen-bond donors (Lipinski definition) is 0. The van der Waals surface area contributed by atoms with Gasteiger partial charge in [-0.3, -0.25) is 4.18 Å². The third-order valence-corrected chi connectivity index (χ3v) is 3.46. The van der Waals surface area contributed by atoms with Crippen molar-refractivity contribution < 1.29 is 12.6 Å². The second kappa shape index (κ2) is 3.52. The van der Waals surface area contributed by atoms with Crippen molar-refractivity contribution in [3.05, 3.63) is 6.20 Å². The van der Waals surface area contributed by atoms with Crippen LogP contribution in [0.25, 0.3) is 0 Å². The summed E-state index contributed by atoms with van der Waals surface area (Å²) in [6.07, 6.45) is 2.36. The molecule has 0 saturated carbocycles. The van der Waals surface area contributed by atoms with Gasteiger partial charge in [-0.15, -0.1) is 16.9 Å². The van der Waals surface area contributed by atoms with Crippen LogP contribution in [0.2, 0.25) is 0 Å². The van der Waals surface area contributed by atoms with Gasteiger partial charge in [0, 0.05) is 5.75 Å². The average Bonchev–Trinajstić information content (AvgIpc) is 2.47. The van der Waals surface area contributed by atoms with Gasteiger partial charge in [0.05, 0.1) is 19.0 Å². The summed E-state index contributed by atoms with van der Waals surface area (Å²) in [6.45, 7) is 0.440. The molecule has 78 valence electrons. The highest BCUT2D eigenvalue weighted by Gasteiger charge is 2.23. The second-order valence-corrected chi connectivity index (χ2v) is 5.63. The third-order valence-electron chi connectivity index (χ3n) is 1.69. The number of rotatable bonds is 2. The number of thioether (sulfide) groups is 1. The van der Waals surface area contributed by atoms with Crippen LogP contribution in [0.4, 0.5) is 0 Å². The van der Waals surface area contributed by atoms with Crippen LogP contribution < -0.4 is 0 Å². The van der Waals surface area contributed by atoms with E-state index in [0.717, 1.165) is 11.3 Å². The van der Waals surface area contributed by atoms with Crippen LogP contribution in [0.3, 0.4) is 0 Å². The smallest absolute Gasteiger partial charge is 0.264 e. The summed E-state index contributed by atoms with van der Waals surface area (Å²) in [7, 11) is -3.38. The zero-order valence-electron chi connectivity index (χ0n) is 7.45. The Kier molecular flexibility index (Phi) is 2.50. The minimum Gasteiger partial charge on any atom is -0.264 e. The monoisotopic (exact) mass is 235 g/mol. The maximum atomic E-state index is 10.9. The highest BCUT2D eigenvalue weighted by molar-refractivity contribution is 7.99. The van der Waals surface area contributed by atoms with Crippen LogP contribution in [0.1, 0.15) is 0 Å². The van der Waals surface area contributed by atoms with Gasteiger partial charge < -0.3 is 0 Å². The standard InChI is InChI=1S/C6H9N3O3S2/c1-14(10,11)12-5-3-9-6(13-4-5)2-7-8-9/h2,5H,3-4H2,1H3/t5-/m1/s1. The molecule has 1 aliphatic rings. The lowest BCUT2D eigenvalue weighted by molar-refractivity contribution is 0.198. The van der Waals surface area contributed by atoms with Gasteiger partial charge in [0.1, 0.15) is 11.1 Å². The molecule has 14 heavy (non-hydrogen) atoms. The number of nitrogens with zero attached hydrogens (tertiary/aromatic N) is 3. The van der Waals surface area contributed by atoms with E-state index in [-0.39, 0.29) is 6.10 Å². The predicted octanol–water partition coefficient (Wildman–Crippen LogP) is -0.271. The van der Waals surface area contributed by atoms with Crippen LogP contribution in [0.5, 0.6) is 0 Å². The van der Waals surface area contributed by atoms with Gasteiger partial charge >= 0.3 is 0 Å². The molecule has 2 heterocycles. The maximum absolute atomic E-state index is 10.9. The van der Waals surface area contributed by atoms with Crippen molar-refractivity contribution in [2.24, 2.45) is 0 Å². The molecule has 0 bridgehead atoms. The van der Waals surface area contributed by atoms with Crippen molar-refractivity contribution in [1.29, 1.82) is 0 Å². The van der Waals surface area contributed by atoms with Crippen LogP contribution in [-0.4, -0.2) is 41.5 Å². The molecule has 1 aromatic heterocycles. The molecule has 0 unspecified atom stereocenters. The summed E-state index contributed by atoms with van der Waals surface area (Å²) < 4.78 is 28.3. The van der Waals surface area contributed by atoms with Crippen molar-refractivity contribution in [3.8, 4) is 0 Å². The largest absolute Gasteiger partial charge is 0.264 e. The molecule has 1 aromatic rings. The number of fused-ring (bicyclic) bond motifs is 1. The first-order chi connectivity index (χ1) is 6.54. The van der Waals surface area contributed by atoms with E-state index in [9.17, 15) is 8.42 Å². The second-order valence-electron chi connectivity index (χ2n) is 2.99. The van der Waals surface area contributed by atoms with E-state index < -0.39 is 10.1 Å². The number of hydrogen-bond acceptors (Lipinski definition) is 6. The summed E-state index contributed by atoms with van der Waals surface area (Å²) in [5, 5.41) is 8.47. The Morgan fingerprint density at radius 1 is 1.71 bits per heavy atom. The Morgan fingerprint density at radius 2 is 2.50 bits per heavy atom. The molecular formula is C6H9N3O3S2. The minimum atomic E-state index is -3.38. The molecule has 1 atom stereocenters. The lowest BCUT2D eigenvalue weighted by Crippen LogP contribution is -2.29. The van der Waals surface area contributed by atoms with Gasteiger partial charge in [0.15, 0.2) is 0 Å². The van der Waals surface area contributed by atoms with E-state index in [0.29, 0.717) is 12.3 Å². The van der Waals surface area contributed by atoms with E-state index in [1.54, 1.807) is 10.9 Å². The molecular weight excluding hydrogens is 226 g/mol. The molecule has 0 aromatic carbocycles. The van der Waals surface area contributed by atoms with Crippen LogP contribution in [-0.2, 0) is 20.8 Å². The lowest BCUT2D eigenvalue weighted by atomic mass is 10.4. The highest BCUT2D eigenvalue weighted by atomic mass is 32.2. The molecule has 0 spiro atoms. The summed E-state index contributed by atoms with van der Waals surface area (Å²) >= 11 is 1.49. The van der Waals surface area contributed by atoms with Gasteiger partial charge in [0.2, 0.25) is 0 Å². The van der Waals surface area contributed by atoms with Crippen molar-refractivity contribution in [2.45, 2.75) is 17.7 Å². The molecule has 2 rings (SSSR count). The topological polar surface area (TPSA) is 74.1 Å². The Morgan fingerprint density at radius 3 is 3.21 bits per heavy atom. The van der Waals surface area contributed by atoms with Crippen molar-refractivity contribution >= 4 is 21.9 Å². The molecule has 0 N–H and O–H groups in total. The van der Waals surface area contributed by atoms with Crippen molar-refractivity contribution in [2.75, 3.05) is 12.0 Å². The fourth-order valence-corrected chi connectivity index (χ4v) is 2.84. The molecule has 0 radical (unpaired) electrons. The quantitative estimate of drug-likeness (QED) is 0.657. The summed E-state index contributed by atoms with van der Waals surface area (Å²) in [4.78, 5) is 0. The highest BCUT2D eigenvalue weighted by Crippen LogP contribution is 2.24. The fraction of sp³-hybridized carbons (Fsp3) is 0.667. The molecule has 1 aliphatic heterocycles. The molecule has 0 aliphatic carbocycles. The van der Waals surface area contributed by atoms with Crippen LogP contribution in [0, 0.1) is 0 Å². The Bertz CT molecular complexity index is 427. The third kappa shape index (κ3) is 2.25. The van der Waals surface area contributed by atoms with Crippen LogP contribution in [0.15, 0.2) is 11.2 Å². The van der Waals surface area contributed by atoms with Gasteiger partial charge in [-0.05, 0) is 0 Å². The predicted molar refractivity (Wildman–Crippen MR) is 50.5 cm³/mol. The summed E-state index contributed by atoms with van der Waals surface area (Å²) in [6, 6.07) is 0. The Hall–Kier alpha value is -0.600. The van der Waals surface area contributed by atoms with Gasteiger partial charge in [-0.2, -0.15) is 8.42 Å². The molecule has 0 fully saturated rings. The summed E-state index contributed by atoms with van der Waals surface area (Å²) in [5.74, 6) is 0.612. The zero-order valence-corrected chi connectivity index (χ0v) is 9.08. The Labute approximate surface area is 85.8 Å². The first-order valence-corrected chi connectivity index (χ1v) is 6.74. The fourth-order valence-electron chi connectivity index (χ4n) is 1.22. The lowest BCUT2D eigenvalue weighted by Gasteiger charge is -2.20. The van der Waals surface area contributed by atoms with Crippen molar-refractivity contribution in [3.63, 3.8) is 0 Å². The summed E-state index contributed by atoms with van der Waals surface area (Å²) in [5.41, 5.74) is 0. The van der Waals surface area contributed by atoms with E-state index in [1.807, 2.05) is 0 Å². The van der Waals surface area contributed by atoms with E-state index >= 15 is 0 Å². The maximum Gasteiger partial charge on any atom is 0.264 e. The average molecular weight is 235 g/mol. The zero-order chi connectivity index (χ0) is 10.2. The Balaban J connectivity index is 2.08. The molecule has 0 amide bonds. The van der Waals surface area contributed by atoms with Gasteiger partial charge in [-0.1, -0.05) is 5.21 Å². The van der Waals surface area contributed by atoms with E-state index in [2.05, 4.69) is 10.3 Å². The van der Waals surface area contributed by atoms with E-state index in [1.165, 1.54) is 11.8 Å². The van der Waals surface area contributed by atoms with E-state index in [4.69, 9.17) is 4.18 Å².